The lowest BCUT2D eigenvalue weighted by Crippen LogP contribution is -2.13. The fraction of sp³-hybridized carbons (Fsp3) is 0.308. The Kier molecular flexibility index (Phi) is 3.92. The van der Waals surface area contributed by atoms with Crippen molar-refractivity contribution < 1.29 is 27.4 Å². The lowest BCUT2D eigenvalue weighted by molar-refractivity contribution is -0.147. The summed E-state index contributed by atoms with van der Waals surface area (Å²) >= 11 is 0.888. The average Bonchev–Trinajstić information content (AvgIpc) is 3.09. The third-order valence-corrected chi connectivity index (χ3v) is 4.14. The monoisotopic (exact) mass is 345 g/mol. The van der Waals surface area contributed by atoms with E-state index in [-0.39, 0.29) is 23.5 Å². The third-order valence-electron chi connectivity index (χ3n) is 3.12. The van der Waals surface area contributed by atoms with Crippen molar-refractivity contribution in [3.63, 3.8) is 0 Å². The van der Waals surface area contributed by atoms with Crippen LogP contribution in [0.2, 0.25) is 0 Å². The summed E-state index contributed by atoms with van der Waals surface area (Å²) in [5, 5.41) is 6.59. The number of halogens is 3. The molecular formula is C13H10F3N3O3S. The minimum absolute atomic E-state index is 0.0198. The Morgan fingerprint density at radius 3 is 2.74 bits per heavy atom. The fourth-order valence-corrected chi connectivity index (χ4v) is 2.78. The summed E-state index contributed by atoms with van der Waals surface area (Å²) in [6.07, 6.45) is -4.58. The minimum atomic E-state index is -4.58. The maximum atomic E-state index is 12.6. The van der Waals surface area contributed by atoms with Crippen molar-refractivity contribution in [2.45, 2.75) is 11.3 Å². The second-order valence-electron chi connectivity index (χ2n) is 4.64. The molecule has 0 unspecified atom stereocenters. The second-order valence-corrected chi connectivity index (χ2v) is 5.59. The second kappa shape index (κ2) is 5.76. The predicted molar refractivity (Wildman–Crippen MR) is 73.6 cm³/mol. The number of hydrogen-bond acceptors (Lipinski definition) is 6. The first-order valence-corrected chi connectivity index (χ1v) is 7.37. The third kappa shape index (κ3) is 3.11. The number of ketones is 1. The number of carbonyl (C=O) groups excluding carboxylic acids is 1. The zero-order valence-electron chi connectivity index (χ0n) is 11.8. The van der Waals surface area contributed by atoms with Crippen LogP contribution in [0.3, 0.4) is 0 Å². The van der Waals surface area contributed by atoms with Crippen molar-refractivity contribution in [1.82, 2.24) is 14.8 Å². The highest BCUT2D eigenvalue weighted by Crippen LogP contribution is 2.33. The van der Waals surface area contributed by atoms with Crippen molar-refractivity contribution in [3.05, 3.63) is 29.6 Å². The molecule has 0 atom stereocenters. The molecule has 0 saturated heterocycles. The summed E-state index contributed by atoms with van der Waals surface area (Å²) in [4.78, 5) is 12.1. The number of ether oxygens (including phenoxy) is 2. The van der Waals surface area contributed by atoms with Crippen LogP contribution in [0.15, 0.2) is 23.4 Å². The molecule has 6 nitrogen and oxygen atoms in total. The number of aromatic nitrogens is 3. The molecule has 23 heavy (non-hydrogen) atoms. The van der Waals surface area contributed by atoms with E-state index in [1.807, 2.05) is 0 Å². The summed E-state index contributed by atoms with van der Waals surface area (Å²) in [6.45, 7) is 0.0981. The van der Waals surface area contributed by atoms with Crippen LogP contribution in [-0.2, 0) is 13.2 Å². The van der Waals surface area contributed by atoms with E-state index in [1.165, 1.54) is 7.05 Å². The largest absolute Gasteiger partial charge is 0.454 e. The molecule has 0 fully saturated rings. The molecule has 0 saturated carbocycles. The number of carbonyl (C=O) groups is 1. The molecule has 10 heteroatoms. The van der Waals surface area contributed by atoms with Crippen LogP contribution < -0.4 is 9.47 Å². The first-order valence-electron chi connectivity index (χ1n) is 6.38. The molecule has 3 rings (SSSR count). The quantitative estimate of drug-likeness (QED) is 0.627. The summed E-state index contributed by atoms with van der Waals surface area (Å²) in [5.41, 5.74) is 0.389. The van der Waals surface area contributed by atoms with Crippen LogP contribution in [0.5, 0.6) is 11.5 Å². The van der Waals surface area contributed by atoms with Crippen LogP contribution in [0, 0.1) is 0 Å². The van der Waals surface area contributed by atoms with Crippen LogP contribution in [0.1, 0.15) is 16.2 Å². The molecule has 2 heterocycles. The number of alkyl halides is 3. The van der Waals surface area contributed by atoms with Gasteiger partial charge in [-0.25, -0.2) is 0 Å². The van der Waals surface area contributed by atoms with Gasteiger partial charge in [-0.05, 0) is 18.2 Å². The number of Topliss-reactive ketones (excluding diaryl/α,β-unsaturated/α-hetero) is 1. The molecule has 0 spiro atoms. The summed E-state index contributed by atoms with van der Waals surface area (Å²) in [6, 6.07) is 4.74. The molecule has 0 radical (unpaired) electrons. The fourth-order valence-electron chi connectivity index (χ4n) is 1.97. The Bertz CT molecular complexity index is 761. The Labute approximate surface area is 132 Å². The highest BCUT2D eigenvalue weighted by atomic mass is 32.2. The van der Waals surface area contributed by atoms with Gasteiger partial charge in [0.25, 0.3) is 0 Å². The van der Waals surface area contributed by atoms with E-state index in [9.17, 15) is 18.0 Å². The normalized spacial score (nSPS) is 13.4. The molecule has 1 aromatic heterocycles. The Hall–Kier alpha value is -2.23. The van der Waals surface area contributed by atoms with Gasteiger partial charge in [-0.2, -0.15) is 13.2 Å². The van der Waals surface area contributed by atoms with Crippen molar-refractivity contribution >= 4 is 17.5 Å². The van der Waals surface area contributed by atoms with Gasteiger partial charge in [0.05, 0.1) is 5.75 Å². The van der Waals surface area contributed by atoms with Gasteiger partial charge in [0.1, 0.15) is 0 Å². The number of thioether (sulfide) groups is 1. The average molecular weight is 345 g/mol. The lowest BCUT2D eigenvalue weighted by Gasteiger charge is -2.06. The maximum Gasteiger partial charge on any atom is 0.451 e. The predicted octanol–water partition coefficient (Wildman–Crippen LogP) is 2.54. The zero-order valence-corrected chi connectivity index (χ0v) is 12.6. The van der Waals surface area contributed by atoms with Gasteiger partial charge >= 0.3 is 6.18 Å². The Morgan fingerprint density at radius 2 is 2.04 bits per heavy atom. The smallest absolute Gasteiger partial charge is 0.451 e. The highest BCUT2D eigenvalue weighted by Gasteiger charge is 2.37. The Morgan fingerprint density at radius 1 is 1.30 bits per heavy atom. The number of nitrogens with zero attached hydrogens (tertiary/aromatic N) is 3. The van der Waals surface area contributed by atoms with Crippen LogP contribution in [0.25, 0.3) is 0 Å². The van der Waals surface area contributed by atoms with Crippen molar-refractivity contribution in [3.8, 4) is 11.5 Å². The van der Waals surface area contributed by atoms with Crippen molar-refractivity contribution in [2.75, 3.05) is 12.5 Å². The summed E-state index contributed by atoms with van der Waals surface area (Å²) in [7, 11) is 1.20. The maximum absolute atomic E-state index is 12.6. The molecular weight excluding hydrogens is 335 g/mol. The van der Waals surface area contributed by atoms with E-state index < -0.39 is 12.0 Å². The summed E-state index contributed by atoms with van der Waals surface area (Å²) < 4.78 is 49.0. The van der Waals surface area contributed by atoms with E-state index in [0.29, 0.717) is 17.1 Å². The lowest BCUT2D eigenvalue weighted by atomic mass is 10.1. The van der Waals surface area contributed by atoms with E-state index in [2.05, 4.69) is 10.2 Å². The molecule has 122 valence electrons. The van der Waals surface area contributed by atoms with Gasteiger partial charge in [0, 0.05) is 12.6 Å². The van der Waals surface area contributed by atoms with Gasteiger partial charge < -0.3 is 14.0 Å². The molecule has 0 bridgehead atoms. The molecule has 2 aromatic rings. The number of rotatable bonds is 4. The van der Waals surface area contributed by atoms with E-state index >= 15 is 0 Å². The number of hydrogen-bond donors (Lipinski definition) is 0. The molecule has 1 aliphatic rings. The topological polar surface area (TPSA) is 66.2 Å². The van der Waals surface area contributed by atoms with Crippen LogP contribution in [-0.4, -0.2) is 33.1 Å². The zero-order chi connectivity index (χ0) is 16.6. The van der Waals surface area contributed by atoms with E-state index in [1.54, 1.807) is 18.2 Å². The van der Waals surface area contributed by atoms with Gasteiger partial charge in [-0.1, -0.05) is 11.8 Å². The first-order chi connectivity index (χ1) is 10.9. The van der Waals surface area contributed by atoms with Gasteiger partial charge in [0.15, 0.2) is 22.4 Å². The molecule has 1 aliphatic heterocycles. The van der Waals surface area contributed by atoms with Gasteiger partial charge in [-0.15, -0.1) is 10.2 Å². The minimum Gasteiger partial charge on any atom is -0.454 e. The van der Waals surface area contributed by atoms with Crippen molar-refractivity contribution in [1.29, 1.82) is 0 Å². The summed E-state index contributed by atoms with van der Waals surface area (Å²) in [5.74, 6) is -0.403. The SMILES string of the molecule is Cn1c(SCC(=O)c2ccc3c(c2)OCO3)nnc1C(F)(F)F. The molecule has 0 amide bonds. The number of benzene rings is 1. The Balaban J connectivity index is 1.69. The number of fused-ring (bicyclic) bond motifs is 1. The molecule has 0 N–H and O–H groups in total. The van der Waals surface area contributed by atoms with E-state index in [0.717, 1.165) is 16.3 Å². The highest BCUT2D eigenvalue weighted by molar-refractivity contribution is 7.99. The standard InChI is InChI=1S/C13H10F3N3O3S/c1-19-11(13(14,15)16)17-18-12(19)23-5-8(20)7-2-3-9-10(4-7)22-6-21-9/h2-4H,5-6H2,1H3. The molecule has 1 aromatic carbocycles. The first kappa shape index (κ1) is 15.7. The van der Waals surface area contributed by atoms with Gasteiger partial charge in [-0.3, -0.25) is 4.79 Å². The van der Waals surface area contributed by atoms with Gasteiger partial charge in [0.2, 0.25) is 12.6 Å². The molecule has 0 aliphatic carbocycles. The van der Waals surface area contributed by atoms with Crippen LogP contribution >= 0.6 is 11.8 Å². The van der Waals surface area contributed by atoms with Crippen LogP contribution in [0.4, 0.5) is 13.2 Å². The van der Waals surface area contributed by atoms with E-state index in [4.69, 9.17) is 9.47 Å². The van der Waals surface area contributed by atoms with Crippen molar-refractivity contribution in [2.24, 2.45) is 7.05 Å².